The van der Waals surface area contributed by atoms with Crippen LogP contribution in [0.3, 0.4) is 0 Å². The monoisotopic (exact) mass is 550 g/mol. The standard InChI is InChI=1S/C21H34N4O3S.HI/c1-5-22-18(24-14-21(27)11-13-29-15-21)23-12-10-16-6-8-17(9-7-16)25-19(26)28-20(2,3)4;/h6-9,27H,5,10-15H2,1-4H3,(H,25,26)(H2,22,23,24);1H. The van der Waals surface area contributed by atoms with Crippen LogP contribution >= 0.6 is 35.7 Å². The number of hydrogen-bond acceptors (Lipinski definition) is 5. The van der Waals surface area contributed by atoms with Gasteiger partial charge in [0.2, 0.25) is 0 Å². The molecular formula is C21H35IN4O3S. The Morgan fingerprint density at radius 1 is 1.27 bits per heavy atom. The molecule has 2 rings (SSSR count). The summed E-state index contributed by atoms with van der Waals surface area (Å²) in [6.07, 6.45) is 1.15. The molecule has 170 valence electrons. The zero-order chi connectivity index (χ0) is 21.3. The molecule has 1 atom stereocenters. The number of nitrogens with zero attached hydrogens (tertiary/aromatic N) is 1. The van der Waals surface area contributed by atoms with Crippen molar-refractivity contribution >= 4 is 53.5 Å². The van der Waals surface area contributed by atoms with Gasteiger partial charge in [-0.15, -0.1) is 24.0 Å². The van der Waals surface area contributed by atoms with Gasteiger partial charge in [-0.25, -0.2) is 4.79 Å². The maximum Gasteiger partial charge on any atom is 0.412 e. The molecule has 0 saturated carbocycles. The van der Waals surface area contributed by atoms with Crippen LogP contribution in [0.25, 0.3) is 0 Å². The Kier molecular flexibility index (Phi) is 11.3. The van der Waals surface area contributed by atoms with Crippen LogP contribution in [0.1, 0.15) is 39.7 Å². The quantitative estimate of drug-likeness (QED) is 0.236. The smallest absolute Gasteiger partial charge is 0.412 e. The van der Waals surface area contributed by atoms with Gasteiger partial charge in [-0.05, 0) is 64.0 Å². The van der Waals surface area contributed by atoms with E-state index in [1.807, 2.05) is 52.0 Å². The molecule has 1 aromatic rings. The van der Waals surface area contributed by atoms with Crippen LogP contribution in [0.15, 0.2) is 29.3 Å². The molecule has 1 aliphatic heterocycles. The van der Waals surface area contributed by atoms with Crippen LogP contribution < -0.4 is 16.0 Å². The van der Waals surface area contributed by atoms with Gasteiger partial charge >= 0.3 is 6.09 Å². The van der Waals surface area contributed by atoms with E-state index in [4.69, 9.17) is 4.74 Å². The van der Waals surface area contributed by atoms with E-state index < -0.39 is 17.3 Å². The van der Waals surface area contributed by atoms with Crippen molar-refractivity contribution in [1.29, 1.82) is 0 Å². The Balaban J connectivity index is 0.00000450. The van der Waals surface area contributed by atoms with E-state index in [-0.39, 0.29) is 24.0 Å². The van der Waals surface area contributed by atoms with Gasteiger partial charge in [0.25, 0.3) is 0 Å². The highest BCUT2D eigenvalue weighted by Gasteiger charge is 2.31. The number of carbonyl (C=O) groups excluding carboxylic acids is 1. The summed E-state index contributed by atoms with van der Waals surface area (Å²) in [4.78, 5) is 16.4. The highest BCUT2D eigenvalue weighted by molar-refractivity contribution is 14.0. The van der Waals surface area contributed by atoms with E-state index in [0.29, 0.717) is 12.2 Å². The van der Waals surface area contributed by atoms with E-state index in [0.717, 1.165) is 49.0 Å². The van der Waals surface area contributed by atoms with Crippen molar-refractivity contribution in [1.82, 2.24) is 10.6 Å². The molecule has 7 nitrogen and oxygen atoms in total. The van der Waals surface area contributed by atoms with Gasteiger partial charge in [-0.2, -0.15) is 11.8 Å². The zero-order valence-electron chi connectivity index (χ0n) is 18.3. The highest BCUT2D eigenvalue weighted by atomic mass is 127. The van der Waals surface area contributed by atoms with Crippen molar-refractivity contribution in [3.8, 4) is 0 Å². The molecule has 0 spiro atoms. The normalized spacial score (nSPS) is 19.0. The first kappa shape index (κ1) is 26.8. The van der Waals surface area contributed by atoms with Crippen molar-refractivity contribution in [2.24, 2.45) is 4.99 Å². The molecule has 1 fully saturated rings. The van der Waals surface area contributed by atoms with E-state index in [1.165, 1.54) is 0 Å². The fraction of sp³-hybridized carbons (Fsp3) is 0.619. The average Bonchev–Trinajstić information content (AvgIpc) is 3.06. The van der Waals surface area contributed by atoms with E-state index >= 15 is 0 Å². The maximum absolute atomic E-state index is 11.8. The molecule has 1 amide bonds. The van der Waals surface area contributed by atoms with Gasteiger partial charge in [0.1, 0.15) is 5.60 Å². The van der Waals surface area contributed by atoms with Crippen LogP contribution in [-0.2, 0) is 11.2 Å². The Hall–Kier alpha value is -1.20. The molecule has 0 radical (unpaired) electrons. The second-order valence-corrected chi connectivity index (χ2v) is 9.33. The fourth-order valence-electron chi connectivity index (χ4n) is 2.79. The number of guanidine groups is 1. The summed E-state index contributed by atoms with van der Waals surface area (Å²) in [7, 11) is 0. The van der Waals surface area contributed by atoms with Crippen LogP contribution in [0.2, 0.25) is 0 Å². The Bertz CT molecular complexity index is 686. The number of amides is 1. The van der Waals surface area contributed by atoms with Crippen molar-refractivity contribution in [3.05, 3.63) is 29.8 Å². The Morgan fingerprint density at radius 2 is 1.97 bits per heavy atom. The van der Waals surface area contributed by atoms with Gasteiger partial charge in [-0.3, -0.25) is 10.3 Å². The number of hydrogen-bond donors (Lipinski definition) is 4. The molecule has 0 bridgehead atoms. The van der Waals surface area contributed by atoms with Crippen molar-refractivity contribution in [3.63, 3.8) is 0 Å². The lowest BCUT2D eigenvalue weighted by Gasteiger charge is -2.20. The predicted molar refractivity (Wildman–Crippen MR) is 136 cm³/mol. The second kappa shape index (κ2) is 12.6. The first-order valence-electron chi connectivity index (χ1n) is 10.1. The number of aliphatic imine (C=N–C) groups is 1. The third kappa shape index (κ3) is 10.2. The third-order valence-corrected chi connectivity index (χ3v) is 5.50. The van der Waals surface area contributed by atoms with Crippen LogP contribution in [-0.4, -0.2) is 59.5 Å². The molecule has 1 aliphatic rings. The number of benzene rings is 1. The number of anilines is 1. The number of aliphatic hydroxyl groups is 1. The minimum Gasteiger partial charge on any atom is -0.444 e. The summed E-state index contributed by atoms with van der Waals surface area (Å²) in [5.41, 5.74) is 0.653. The molecule has 1 aromatic carbocycles. The number of rotatable bonds is 7. The molecule has 1 heterocycles. The number of halogens is 1. The largest absolute Gasteiger partial charge is 0.444 e. The first-order valence-corrected chi connectivity index (χ1v) is 11.3. The molecule has 4 N–H and O–H groups in total. The van der Waals surface area contributed by atoms with E-state index in [1.54, 1.807) is 11.8 Å². The van der Waals surface area contributed by atoms with E-state index in [2.05, 4.69) is 20.9 Å². The lowest BCUT2D eigenvalue weighted by atomic mass is 10.1. The van der Waals surface area contributed by atoms with E-state index in [9.17, 15) is 9.90 Å². The molecule has 1 saturated heterocycles. The van der Waals surface area contributed by atoms with Gasteiger partial charge in [0, 0.05) is 24.5 Å². The lowest BCUT2D eigenvalue weighted by molar-refractivity contribution is 0.0635. The molecule has 0 aromatic heterocycles. The third-order valence-electron chi connectivity index (χ3n) is 4.26. The minimum atomic E-state index is -0.677. The fourth-order valence-corrected chi connectivity index (χ4v) is 4.07. The molecule has 1 unspecified atom stereocenters. The zero-order valence-corrected chi connectivity index (χ0v) is 21.4. The Labute approximate surface area is 201 Å². The predicted octanol–water partition coefficient (Wildman–Crippen LogP) is 3.62. The second-order valence-electron chi connectivity index (χ2n) is 8.22. The van der Waals surface area contributed by atoms with Gasteiger partial charge in [0.15, 0.2) is 5.96 Å². The minimum absolute atomic E-state index is 0. The Morgan fingerprint density at radius 3 is 2.53 bits per heavy atom. The molecule has 0 aliphatic carbocycles. The average molecular weight is 551 g/mol. The van der Waals surface area contributed by atoms with Crippen LogP contribution in [0.4, 0.5) is 10.5 Å². The summed E-state index contributed by atoms with van der Waals surface area (Å²) in [5, 5.41) is 19.7. The summed E-state index contributed by atoms with van der Waals surface area (Å²) in [6.45, 7) is 9.43. The number of thioether (sulfide) groups is 1. The van der Waals surface area contributed by atoms with Crippen molar-refractivity contribution in [2.45, 2.75) is 51.7 Å². The van der Waals surface area contributed by atoms with Crippen LogP contribution in [0, 0.1) is 0 Å². The summed E-state index contributed by atoms with van der Waals surface area (Å²) < 4.78 is 5.25. The molecular weight excluding hydrogens is 515 g/mol. The maximum atomic E-state index is 11.8. The summed E-state index contributed by atoms with van der Waals surface area (Å²) in [5.74, 6) is 2.47. The lowest BCUT2D eigenvalue weighted by Crippen LogP contribution is -2.40. The van der Waals surface area contributed by atoms with Crippen molar-refractivity contribution < 1.29 is 14.6 Å². The van der Waals surface area contributed by atoms with Crippen LogP contribution in [0.5, 0.6) is 0 Å². The number of nitrogens with one attached hydrogen (secondary N) is 3. The SMILES string of the molecule is CCNC(=NCC1(O)CCSC1)NCCc1ccc(NC(=O)OC(C)(C)C)cc1.I. The highest BCUT2D eigenvalue weighted by Crippen LogP contribution is 2.27. The van der Waals surface area contributed by atoms with Gasteiger partial charge in [-0.1, -0.05) is 12.1 Å². The molecule has 30 heavy (non-hydrogen) atoms. The topological polar surface area (TPSA) is 95.0 Å². The molecule has 9 heteroatoms. The first-order chi connectivity index (χ1) is 13.7. The number of ether oxygens (including phenoxy) is 1. The van der Waals surface area contributed by atoms with Gasteiger partial charge in [0.05, 0.1) is 12.1 Å². The summed E-state index contributed by atoms with van der Waals surface area (Å²) in [6, 6.07) is 7.70. The van der Waals surface area contributed by atoms with Gasteiger partial charge < -0.3 is 20.5 Å². The number of carbonyl (C=O) groups is 1. The summed E-state index contributed by atoms with van der Waals surface area (Å²) >= 11 is 1.77. The van der Waals surface area contributed by atoms with Crippen molar-refractivity contribution in [2.75, 3.05) is 36.5 Å².